The number of piperidine rings is 1. The first kappa shape index (κ1) is 14.4. The smallest absolute Gasteiger partial charge is 0.331 e. The van der Waals surface area contributed by atoms with Gasteiger partial charge in [0.15, 0.2) is 0 Å². The molecule has 2 fully saturated rings. The zero-order valence-corrected chi connectivity index (χ0v) is 12.3. The molecule has 6 heteroatoms. The van der Waals surface area contributed by atoms with Crippen LogP contribution in [0.1, 0.15) is 38.5 Å². The lowest BCUT2D eigenvalue weighted by Gasteiger charge is -2.45. The summed E-state index contributed by atoms with van der Waals surface area (Å²) in [5.74, 6) is -1.64. The Morgan fingerprint density at radius 1 is 1.28 bits per heavy atom. The minimum atomic E-state index is -4.73. The zero-order valence-electron chi connectivity index (χ0n) is 10.1. The molecule has 2 aliphatic rings. The van der Waals surface area contributed by atoms with Crippen LogP contribution in [-0.2, 0) is 4.79 Å². The summed E-state index contributed by atoms with van der Waals surface area (Å²) in [6.45, 7) is 0.305. The summed E-state index contributed by atoms with van der Waals surface area (Å²) in [6, 6.07) is -0.244. The van der Waals surface area contributed by atoms with Crippen molar-refractivity contribution in [2.24, 2.45) is 5.41 Å². The summed E-state index contributed by atoms with van der Waals surface area (Å²) < 4.78 is 38.5. The highest BCUT2D eigenvalue weighted by atomic mass is 127. The Morgan fingerprint density at radius 3 is 2.39 bits per heavy atom. The largest absolute Gasteiger partial charge is 0.471 e. The summed E-state index contributed by atoms with van der Waals surface area (Å²) in [4.78, 5) is 12.6. The van der Waals surface area contributed by atoms with Gasteiger partial charge >= 0.3 is 12.1 Å². The van der Waals surface area contributed by atoms with Gasteiger partial charge in [0.1, 0.15) is 0 Å². The molecule has 2 nitrogen and oxygen atoms in total. The number of hydrogen-bond acceptors (Lipinski definition) is 1. The van der Waals surface area contributed by atoms with E-state index in [1.807, 2.05) is 0 Å². The summed E-state index contributed by atoms with van der Waals surface area (Å²) in [5, 5.41) is 0. The number of alkyl halides is 4. The lowest BCUT2D eigenvalue weighted by Crippen LogP contribution is -2.55. The molecule has 1 atom stereocenters. The monoisotopic (exact) mass is 375 g/mol. The van der Waals surface area contributed by atoms with Gasteiger partial charge in [-0.2, -0.15) is 13.2 Å². The number of carbonyl (C=O) groups is 1. The van der Waals surface area contributed by atoms with E-state index in [4.69, 9.17) is 0 Å². The van der Waals surface area contributed by atoms with Gasteiger partial charge in [-0.25, -0.2) is 0 Å². The van der Waals surface area contributed by atoms with Crippen LogP contribution in [0.15, 0.2) is 0 Å². The van der Waals surface area contributed by atoms with E-state index >= 15 is 0 Å². The van der Waals surface area contributed by atoms with Gasteiger partial charge in [-0.1, -0.05) is 35.4 Å². The molecule has 0 aromatic rings. The van der Waals surface area contributed by atoms with Gasteiger partial charge < -0.3 is 4.90 Å². The van der Waals surface area contributed by atoms with Gasteiger partial charge in [-0.15, -0.1) is 0 Å². The lowest BCUT2D eigenvalue weighted by atomic mass is 9.76. The summed E-state index contributed by atoms with van der Waals surface area (Å²) in [7, 11) is 0. The van der Waals surface area contributed by atoms with Crippen LogP contribution in [0.3, 0.4) is 0 Å². The summed E-state index contributed by atoms with van der Waals surface area (Å²) in [6.07, 6.45) is 1.07. The second kappa shape index (κ2) is 5.17. The number of hydrogen-bond donors (Lipinski definition) is 0. The molecule has 1 amide bonds. The first-order valence-corrected chi connectivity index (χ1v) is 7.84. The lowest BCUT2D eigenvalue weighted by molar-refractivity contribution is -0.191. The normalized spacial score (nSPS) is 27.8. The maximum Gasteiger partial charge on any atom is 0.471 e. The molecule has 1 aliphatic heterocycles. The molecule has 0 bridgehead atoms. The first-order valence-electron chi connectivity index (χ1n) is 6.32. The van der Waals surface area contributed by atoms with E-state index in [-0.39, 0.29) is 11.5 Å². The fraction of sp³-hybridized carbons (Fsp3) is 0.917. The maximum atomic E-state index is 12.6. The minimum absolute atomic E-state index is 0.0246. The van der Waals surface area contributed by atoms with Crippen molar-refractivity contribution in [3.8, 4) is 0 Å². The van der Waals surface area contributed by atoms with Crippen LogP contribution in [0.25, 0.3) is 0 Å². The van der Waals surface area contributed by atoms with E-state index < -0.39 is 12.1 Å². The van der Waals surface area contributed by atoms with Crippen molar-refractivity contribution in [1.82, 2.24) is 4.90 Å². The van der Waals surface area contributed by atoms with Crippen molar-refractivity contribution in [2.45, 2.75) is 50.7 Å². The molecule has 0 aromatic carbocycles. The number of nitrogens with zero attached hydrogens (tertiary/aromatic N) is 1. The molecule has 0 N–H and O–H groups in total. The Hall–Kier alpha value is -0.0100. The highest BCUT2D eigenvalue weighted by molar-refractivity contribution is 14.1. The molecule has 0 aromatic heterocycles. The fourth-order valence-electron chi connectivity index (χ4n) is 3.29. The summed E-state index contributed by atoms with van der Waals surface area (Å²) in [5.41, 5.74) is -0.0246. The molecular weight excluding hydrogens is 358 g/mol. The molecule has 18 heavy (non-hydrogen) atoms. The third-order valence-electron chi connectivity index (χ3n) is 4.30. The second-order valence-corrected chi connectivity index (χ2v) is 6.37. The van der Waals surface area contributed by atoms with Gasteiger partial charge in [0.05, 0.1) is 0 Å². The van der Waals surface area contributed by atoms with Crippen LogP contribution in [0.2, 0.25) is 0 Å². The van der Waals surface area contributed by atoms with E-state index in [1.54, 1.807) is 0 Å². The SMILES string of the molecule is O=C(N1CC2(CCCC2)CCC1CI)C(F)(F)F. The van der Waals surface area contributed by atoms with Crippen molar-refractivity contribution >= 4 is 28.5 Å². The Kier molecular flexibility index (Phi) is 4.14. The molecule has 104 valence electrons. The van der Waals surface area contributed by atoms with Crippen molar-refractivity contribution in [2.75, 3.05) is 11.0 Å². The van der Waals surface area contributed by atoms with Crippen molar-refractivity contribution in [1.29, 1.82) is 0 Å². The van der Waals surface area contributed by atoms with Gasteiger partial charge in [0.25, 0.3) is 0 Å². The van der Waals surface area contributed by atoms with Crippen LogP contribution in [-0.4, -0.2) is 34.0 Å². The highest BCUT2D eigenvalue weighted by Gasteiger charge is 2.49. The van der Waals surface area contributed by atoms with Gasteiger partial charge in [0.2, 0.25) is 0 Å². The average molecular weight is 375 g/mol. The molecule has 0 radical (unpaired) electrons. The number of likely N-dealkylation sites (tertiary alicyclic amines) is 1. The maximum absolute atomic E-state index is 12.6. The molecule has 1 heterocycles. The minimum Gasteiger partial charge on any atom is -0.331 e. The Morgan fingerprint density at radius 2 is 1.89 bits per heavy atom. The molecular formula is C12H17F3INO. The molecule has 1 saturated heterocycles. The zero-order chi connectivity index (χ0) is 13.4. The molecule has 1 saturated carbocycles. The topological polar surface area (TPSA) is 20.3 Å². The van der Waals surface area contributed by atoms with Crippen LogP contribution >= 0.6 is 22.6 Å². The predicted octanol–water partition coefficient (Wildman–Crippen LogP) is 3.54. The standard InChI is InChI=1S/C12H17F3INO/c13-12(14,15)10(18)17-8-11(4-1-2-5-11)6-3-9(17)7-16/h9H,1-8H2. The highest BCUT2D eigenvalue weighted by Crippen LogP contribution is 2.46. The molecule has 1 unspecified atom stereocenters. The third kappa shape index (κ3) is 2.77. The van der Waals surface area contributed by atoms with E-state index in [1.165, 1.54) is 0 Å². The first-order chi connectivity index (χ1) is 8.38. The van der Waals surface area contributed by atoms with Crippen molar-refractivity contribution < 1.29 is 18.0 Å². The average Bonchev–Trinajstić information content (AvgIpc) is 2.75. The quantitative estimate of drug-likeness (QED) is 0.507. The number of carbonyl (C=O) groups excluding carboxylic acids is 1. The molecule has 2 rings (SSSR count). The van der Waals surface area contributed by atoms with Crippen molar-refractivity contribution in [3.63, 3.8) is 0 Å². The Bertz CT molecular complexity index is 326. The van der Waals surface area contributed by atoms with Gasteiger partial charge in [0, 0.05) is 17.0 Å². The van der Waals surface area contributed by atoms with E-state index in [0.29, 0.717) is 17.4 Å². The van der Waals surface area contributed by atoms with E-state index in [9.17, 15) is 18.0 Å². The number of rotatable bonds is 1. The van der Waals surface area contributed by atoms with E-state index in [2.05, 4.69) is 22.6 Å². The van der Waals surface area contributed by atoms with E-state index in [0.717, 1.165) is 37.0 Å². The second-order valence-electron chi connectivity index (χ2n) is 5.48. The number of halogens is 4. The molecule has 1 spiro atoms. The van der Waals surface area contributed by atoms with Gasteiger partial charge in [-0.05, 0) is 31.1 Å². The third-order valence-corrected chi connectivity index (χ3v) is 5.32. The van der Waals surface area contributed by atoms with Crippen LogP contribution in [0.5, 0.6) is 0 Å². The van der Waals surface area contributed by atoms with Crippen LogP contribution in [0, 0.1) is 5.41 Å². The Labute approximate surface area is 118 Å². The van der Waals surface area contributed by atoms with Crippen molar-refractivity contribution in [3.05, 3.63) is 0 Å². The fourth-order valence-corrected chi connectivity index (χ4v) is 4.21. The molecule has 1 aliphatic carbocycles. The number of amides is 1. The summed E-state index contributed by atoms with van der Waals surface area (Å²) >= 11 is 2.07. The Balaban J connectivity index is 2.15. The predicted molar refractivity (Wildman–Crippen MR) is 70.6 cm³/mol. The van der Waals surface area contributed by atoms with Gasteiger partial charge in [-0.3, -0.25) is 4.79 Å². The van der Waals surface area contributed by atoms with Crippen LogP contribution < -0.4 is 0 Å². The van der Waals surface area contributed by atoms with Crippen LogP contribution in [0.4, 0.5) is 13.2 Å².